The lowest BCUT2D eigenvalue weighted by atomic mass is 10.3. The average Bonchev–Trinajstić information content (AvgIpc) is 2.31. The van der Waals surface area contributed by atoms with Gasteiger partial charge in [0.15, 0.2) is 0 Å². The molecule has 10 heavy (non-hydrogen) atoms. The summed E-state index contributed by atoms with van der Waals surface area (Å²) in [6.45, 7) is 2.97. The van der Waals surface area contributed by atoms with Gasteiger partial charge < -0.3 is 4.57 Å². The predicted octanol–water partition coefficient (Wildman–Crippen LogP) is 1.82. The normalized spacial score (nSPS) is 10.2. The highest BCUT2D eigenvalue weighted by atomic mass is 19.1. The minimum absolute atomic E-state index is 0.392. The van der Waals surface area contributed by atoms with Crippen LogP contribution in [0.3, 0.4) is 0 Å². The quantitative estimate of drug-likeness (QED) is 0.629. The van der Waals surface area contributed by atoms with Crippen LogP contribution in [0.5, 0.6) is 0 Å². The second kappa shape index (κ2) is 3.34. The first-order valence-corrected chi connectivity index (χ1v) is 3.50. The van der Waals surface area contributed by atoms with Gasteiger partial charge in [0.1, 0.15) is 0 Å². The monoisotopic (exact) mass is 142 g/mol. The van der Waals surface area contributed by atoms with Gasteiger partial charge in [-0.3, -0.25) is 0 Å². The van der Waals surface area contributed by atoms with Gasteiger partial charge >= 0.3 is 0 Å². The van der Waals surface area contributed by atoms with Crippen molar-refractivity contribution in [1.82, 2.24) is 9.55 Å². The van der Waals surface area contributed by atoms with Crippen LogP contribution in [0.4, 0.5) is 4.39 Å². The van der Waals surface area contributed by atoms with E-state index in [1.807, 2.05) is 0 Å². The molecule has 0 saturated heterocycles. The Hall–Kier alpha value is -0.860. The summed E-state index contributed by atoms with van der Waals surface area (Å²) in [6.07, 6.45) is 5.14. The predicted molar refractivity (Wildman–Crippen MR) is 37.1 cm³/mol. The number of halogens is 1. The fraction of sp³-hybridized carbons (Fsp3) is 0.571. The van der Waals surface area contributed by atoms with Crippen molar-refractivity contribution >= 4 is 0 Å². The maximum absolute atomic E-state index is 12.2. The molecule has 1 heterocycles. The topological polar surface area (TPSA) is 17.8 Å². The molecule has 0 atom stereocenters. The minimum Gasteiger partial charge on any atom is -0.335 e. The lowest BCUT2D eigenvalue weighted by Crippen LogP contribution is -1.92. The Morgan fingerprint density at radius 1 is 1.70 bits per heavy atom. The zero-order valence-electron chi connectivity index (χ0n) is 6.05. The molecule has 0 aliphatic rings. The van der Waals surface area contributed by atoms with E-state index >= 15 is 0 Å². The molecule has 56 valence electrons. The molecular formula is C7H11FN2. The number of imidazole rings is 1. The fourth-order valence-corrected chi connectivity index (χ4v) is 0.796. The summed E-state index contributed by atoms with van der Waals surface area (Å²) in [7, 11) is 0. The first kappa shape index (κ1) is 7.25. The van der Waals surface area contributed by atoms with E-state index < -0.39 is 5.95 Å². The van der Waals surface area contributed by atoms with E-state index in [4.69, 9.17) is 0 Å². The van der Waals surface area contributed by atoms with Crippen LogP contribution in [0.1, 0.15) is 19.8 Å². The Bertz CT molecular complexity index is 195. The van der Waals surface area contributed by atoms with E-state index in [1.54, 1.807) is 4.57 Å². The van der Waals surface area contributed by atoms with Crippen molar-refractivity contribution in [1.29, 1.82) is 0 Å². The lowest BCUT2D eigenvalue weighted by molar-refractivity contribution is 0.581. The molecule has 1 rings (SSSR count). The number of aromatic nitrogens is 2. The molecule has 0 aliphatic heterocycles. The molecule has 0 N–H and O–H groups in total. The first-order chi connectivity index (χ1) is 4.83. The standard InChI is InChI=1S/C7H11FN2/c1-2-3-4-10-5-7(8)9-6-10/h5-6H,2-4H2,1H3. The first-order valence-electron chi connectivity index (χ1n) is 3.50. The number of hydrogen-bond donors (Lipinski definition) is 0. The van der Waals surface area contributed by atoms with Crippen LogP contribution in [0.2, 0.25) is 0 Å². The smallest absolute Gasteiger partial charge is 0.230 e. The molecule has 0 radical (unpaired) electrons. The van der Waals surface area contributed by atoms with E-state index in [-0.39, 0.29) is 0 Å². The van der Waals surface area contributed by atoms with Gasteiger partial charge in [-0.2, -0.15) is 4.39 Å². The maximum atomic E-state index is 12.2. The van der Waals surface area contributed by atoms with Gasteiger partial charge in [0, 0.05) is 6.54 Å². The number of unbranched alkanes of at least 4 members (excludes halogenated alkanes) is 1. The second-order valence-electron chi connectivity index (χ2n) is 2.29. The van der Waals surface area contributed by atoms with E-state index in [0.717, 1.165) is 19.4 Å². The molecular weight excluding hydrogens is 131 g/mol. The third kappa shape index (κ3) is 1.83. The van der Waals surface area contributed by atoms with E-state index in [1.165, 1.54) is 12.5 Å². The van der Waals surface area contributed by atoms with Crippen LogP contribution < -0.4 is 0 Å². The number of rotatable bonds is 3. The van der Waals surface area contributed by atoms with Crippen molar-refractivity contribution in [2.24, 2.45) is 0 Å². The Morgan fingerprint density at radius 3 is 3.00 bits per heavy atom. The van der Waals surface area contributed by atoms with Crippen molar-refractivity contribution in [2.45, 2.75) is 26.3 Å². The van der Waals surface area contributed by atoms with Crippen molar-refractivity contribution in [3.63, 3.8) is 0 Å². The third-order valence-corrected chi connectivity index (χ3v) is 1.37. The molecule has 0 saturated carbocycles. The van der Waals surface area contributed by atoms with Crippen molar-refractivity contribution in [2.75, 3.05) is 0 Å². The van der Waals surface area contributed by atoms with Crippen LogP contribution in [-0.2, 0) is 6.54 Å². The Balaban J connectivity index is 2.42. The van der Waals surface area contributed by atoms with Gasteiger partial charge in [0.25, 0.3) is 0 Å². The molecule has 0 bridgehead atoms. The molecule has 1 aromatic rings. The Morgan fingerprint density at radius 2 is 2.50 bits per heavy atom. The van der Waals surface area contributed by atoms with Crippen LogP contribution >= 0.6 is 0 Å². The van der Waals surface area contributed by atoms with Crippen LogP contribution in [0.15, 0.2) is 12.5 Å². The van der Waals surface area contributed by atoms with Gasteiger partial charge in [-0.05, 0) is 6.42 Å². The third-order valence-electron chi connectivity index (χ3n) is 1.37. The summed E-state index contributed by atoms with van der Waals surface area (Å²) in [5, 5.41) is 0. The molecule has 0 amide bonds. The molecule has 1 aromatic heterocycles. The zero-order valence-corrected chi connectivity index (χ0v) is 6.05. The minimum atomic E-state index is -0.392. The molecule has 0 spiro atoms. The van der Waals surface area contributed by atoms with Gasteiger partial charge in [-0.1, -0.05) is 13.3 Å². The van der Waals surface area contributed by atoms with Crippen LogP contribution in [-0.4, -0.2) is 9.55 Å². The van der Waals surface area contributed by atoms with E-state index in [0.29, 0.717) is 0 Å². The summed E-state index contributed by atoms with van der Waals surface area (Å²) >= 11 is 0. The maximum Gasteiger partial charge on any atom is 0.230 e. The summed E-state index contributed by atoms with van der Waals surface area (Å²) < 4.78 is 14.0. The van der Waals surface area contributed by atoms with Crippen molar-refractivity contribution < 1.29 is 4.39 Å². The van der Waals surface area contributed by atoms with Gasteiger partial charge in [-0.15, -0.1) is 0 Å². The molecule has 2 nitrogen and oxygen atoms in total. The van der Waals surface area contributed by atoms with Crippen LogP contribution in [0, 0.1) is 5.95 Å². The Kier molecular flexibility index (Phi) is 2.42. The van der Waals surface area contributed by atoms with Crippen LogP contribution in [0.25, 0.3) is 0 Å². The molecule has 0 unspecified atom stereocenters. The van der Waals surface area contributed by atoms with E-state index in [9.17, 15) is 4.39 Å². The summed E-state index contributed by atoms with van der Waals surface area (Å²) in [5.74, 6) is -0.392. The van der Waals surface area contributed by atoms with Gasteiger partial charge in [-0.25, -0.2) is 4.98 Å². The van der Waals surface area contributed by atoms with Gasteiger partial charge in [0.05, 0.1) is 12.5 Å². The SMILES string of the molecule is CCCCn1cnc(F)c1. The molecule has 0 aromatic carbocycles. The number of nitrogens with zero attached hydrogens (tertiary/aromatic N) is 2. The summed E-state index contributed by atoms with van der Waals surface area (Å²) in [6, 6.07) is 0. The lowest BCUT2D eigenvalue weighted by Gasteiger charge is -1.96. The largest absolute Gasteiger partial charge is 0.335 e. The van der Waals surface area contributed by atoms with Crippen molar-refractivity contribution in [3.05, 3.63) is 18.5 Å². The highest BCUT2D eigenvalue weighted by Crippen LogP contribution is 1.96. The summed E-state index contributed by atoms with van der Waals surface area (Å²) in [5.41, 5.74) is 0. The van der Waals surface area contributed by atoms with E-state index in [2.05, 4.69) is 11.9 Å². The molecule has 0 aliphatic carbocycles. The fourth-order valence-electron chi connectivity index (χ4n) is 0.796. The summed E-state index contributed by atoms with van der Waals surface area (Å²) in [4.78, 5) is 3.47. The Labute approximate surface area is 59.7 Å². The average molecular weight is 142 g/mol. The number of aryl methyl sites for hydroxylation is 1. The highest BCUT2D eigenvalue weighted by Gasteiger charge is 1.93. The second-order valence-corrected chi connectivity index (χ2v) is 2.29. The van der Waals surface area contributed by atoms with Crippen molar-refractivity contribution in [3.8, 4) is 0 Å². The number of hydrogen-bond acceptors (Lipinski definition) is 1. The highest BCUT2D eigenvalue weighted by molar-refractivity contribution is 4.77. The van der Waals surface area contributed by atoms with Gasteiger partial charge in [0.2, 0.25) is 5.95 Å². The molecule has 3 heteroatoms. The zero-order chi connectivity index (χ0) is 7.40. The molecule has 0 fully saturated rings.